The van der Waals surface area contributed by atoms with Gasteiger partial charge < -0.3 is 4.40 Å². The lowest BCUT2D eigenvalue weighted by molar-refractivity contribution is 0.413. The van der Waals surface area contributed by atoms with E-state index in [4.69, 9.17) is 4.98 Å². The van der Waals surface area contributed by atoms with Gasteiger partial charge in [-0.15, -0.1) is 0 Å². The molecule has 0 atom stereocenters. The Balaban J connectivity index is 1.89. The predicted molar refractivity (Wildman–Crippen MR) is 155 cm³/mol. The molecule has 0 radical (unpaired) electrons. The van der Waals surface area contributed by atoms with E-state index in [1.54, 1.807) is 0 Å². The van der Waals surface area contributed by atoms with E-state index in [-0.39, 0.29) is 5.41 Å². The lowest BCUT2D eigenvalue weighted by Crippen LogP contribution is -2.11. The van der Waals surface area contributed by atoms with E-state index >= 15 is 0 Å². The van der Waals surface area contributed by atoms with Crippen molar-refractivity contribution in [3.8, 4) is 0 Å². The van der Waals surface area contributed by atoms with E-state index in [0.29, 0.717) is 0 Å². The maximum atomic E-state index is 5.00. The van der Waals surface area contributed by atoms with Crippen LogP contribution in [-0.4, -0.2) is 9.38 Å². The fraction of sp³-hybridized carbons (Fsp3) is 0.194. The van der Waals surface area contributed by atoms with Gasteiger partial charge in [0.1, 0.15) is 0 Å². The average molecular weight is 552 g/mol. The van der Waals surface area contributed by atoms with E-state index < -0.39 is 0 Å². The molecule has 0 unspecified atom stereocenters. The highest BCUT2D eigenvalue weighted by Crippen LogP contribution is 2.44. The van der Waals surface area contributed by atoms with E-state index in [2.05, 4.69) is 115 Å². The highest BCUT2D eigenvalue weighted by atomic mass is 127. The second kappa shape index (κ2) is 6.82. The number of pyridine rings is 2. The molecule has 0 saturated heterocycles. The molecule has 3 heterocycles. The first-order valence-corrected chi connectivity index (χ1v) is 13.0. The second-order valence-corrected chi connectivity index (χ2v) is 12.2. The van der Waals surface area contributed by atoms with Gasteiger partial charge in [-0.25, -0.2) is 0 Å². The standard InChI is InChI=1S/C31H25IN2/c1-17-5-8-21-19(13-17)14-24-28-27-18(11-12-33-28)6-9-23-22-10-7-20(32)15-26(22)34(30(23)27)29(24)25(21)16-31(2,3)4/h5-15H,16H2,1-4H3. The Morgan fingerprint density at radius 2 is 1.59 bits per heavy atom. The molecule has 0 saturated carbocycles. The minimum atomic E-state index is 0.153. The van der Waals surface area contributed by atoms with Gasteiger partial charge in [0.05, 0.1) is 22.1 Å². The Morgan fingerprint density at radius 1 is 0.794 bits per heavy atom. The molecule has 0 aliphatic carbocycles. The molecule has 7 aromatic rings. The van der Waals surface area contributed by atoms with Crippen molar-refractivity contribution < 1.29 is 0 Å². The molecule has 0 bridgehead atoms. The third kappa shape index (κ3) is 2.76. The first-order chi connectivity index (χ1) is 16.3. The van der Waals surface area contributed by atoms with Gasteiger partial charge in [-0.3, -0.25) is 4.98 Å². The van der Waals surface area contributed by atoms with Crippen LogP contribution in [0.4, 0.5) is 0 Å². The molecule has 0 amide bonds. The lowest BCUT2D eigenvalue weighted by atomic mass is 9.84. The summed E-state index contributed by atoms with van der Waals surface area (Å²) in [5, 5.41) is 9.05. The number of aryl methyl sites for hydroxylation is 1. The van der Waals surface area contributed by atoms with Gasteiger partial charge in [-0.05, 0) is 87.3 Å². The molecule has 0 aliphatic heterocycles. The zero-order valence-corrected chi connectivity index (χ0v) is 22.0. The zero-order chi connectivity index (χ0) is 23.4. The molecule has 0 fully saturated rings. The first kappa shape index (κ1) is 20.5. The van der Waals surface area contributed by atoms with Crippen LogP contribution in [0.5, 0.6) is 0 Å². The van der Waals surface area contributed by atoms with Crippen LogP contribution >= 0.6 is 22.6 Å². The van der Waals surface area contributed by atoms with Crippen LogP contribution in [0.1, 0.15) is 31.9 Å². The third-order valence-electron chi connectivity index (χ3n) is 7.18. The van der Waals surface area contributed by atoms with Gasteiger partial charge in [0, 0.05) is 31.3 Å². The SMILES string of the molecule is Cc1ccc2c(CC(C)(C)C)c3c(cc2c1)c1nccc2ccc4c5ccc(I)cc5n3c4c21. The van der Waals surface area contributed by atoms with Gasteiger partial charge in [0.25, 0.3) is 0 Å². The van der Waals surface area contributed by atoms with Crippen molar-refractivity contribution >= 4 is 82.4 Å². The van der Waals surface area contributed by atoms with Crippen molar-refractivity contribution in [1.82, 2.24) is 9.38 Å². The van der Waals surface area contributed by atoms with Crippen LogP contribution in [0.2, 0.25) is 0 Å². The largest absolute Gasteiger partial charge is 0.308 e. The Hall–Kier alpha value is -2.92. The highest BCUT2D eigenvalue weighted by Gasteiger charge is 2.24. The Morgan fingerprint density at radius 3 is 2.41 bits per heavy atom. The number of halogens is 1. The van der Waals surface area contributed by atoms with Crippen molar-refractivity contribution in [3.63, 3.8) is 0 Å². The third-order valence-corrected chi connectivity index (χ3v) is 7.85. The normalized spacial score (nSPS) is 13.0. The van der Waals surface area contributed by atoms with Gasteiger partial charge >= 0.3 is 0 Å². The first-order valence-electron chi connectivity index (χ1n) is 11.9. The molecule has 0 aliphatic rings. The number of aromatic nitrogens is 2. The summed E-state index contributed by atoms with van der Waals surface area (Å²) < 4.78 is 3.81. The van der Waals surface area contributed by atoms with E-state index in [1.165, 1.54) is 69.0 Å². The maximum absolute atomic E-state index is 5.00. The van der Waals surface area contributed by atoms with Crippen LogP contribution in [0, 0.1) is 15.9 Å². The molecular formula is C31H25IN2. The number of benzene rings is 4. The molecule has 3 aromatic heterocycles. The fourth-order valence-corrected chi connectivity index (χ4v) is 6.39. The van der Waals surface area contributed by atoms with E-state index in [1.807, 2.05) is 6.20 Å². The van der Waals surface area contributed by atoms with Crippen LogP contribution in [0.15, 0.2) is 66.9 Å². The van der Waals surface area contributed by atoms with Gasteiger partial charge in [-0.2, -0.15) is 0 Å². The summed E-state index contributed by atoms with van der Waals surface area (Å²) in [4.78, 5) is 5.00. The summed E-state index contributed by atoms with van der Waals surface area (Å²) in [6.07, 6.45) is 2.97. The van der Waals surface area contributed by atoms with Gasteiger partial charge in [0.2, 0.25) is 0 Å². The predicted octanol–water partition coefficient (Wildman–Crippen LogP) is 9.04. The highest BCUT2D eigenvalue weighted by molar-refractivity contribution is 14.1. The molecule has 0 N–H and O–H groups in total. The van der Waals surface area contributed by atoms with Crippen LogP contribution in [-0.2, 0) is 6.42 Å². The monoisotopic (exact) mass is 552 g/mol. The summed E-state index contributed by atoms with van der Waals surface area (Å²) >= 11 is 2.44. The summed E-state index contributed by atoms with van der Waals surface area (Å²) in [5.41, 5.74) is 7.87. The molecule has 2 nitrogen and oxygen atoms in total. The molecule has 166 valence electrons. The fourth-order valence-electron chi connectivity index (χ4n) is 5.91. The Labute approximate surface area is 212 Å². The van der Waals surface area contributed by atoms with Gasteiger partial charge in [-0.1, -0.05) is 62.7 Å². The molecule has 3 heteroatoms. The molecule has 4 aromatic carbocycles. The average Bonchev–Trinajstić information content (AvgIpc) is 3.11. The number of rotatable bonds is 1. The summed E-state index contributed by atoms with van der Waals surface area (Å²) in [5.74, 6) is 0. The summed E-state index contributed by atoms with van der Waals surface area (Å²) in [7, 11) is 0. The summed E-state index contributed by atoms with van der Waals surface area (Å²) in [6, 6.07) is 22.8. The van der Waals surface area contributed by atoms with Gasteiger partial charge in [0.15, 0.2) is 0 Å². The Kier molecular flexibility index (Phi) is 4.10. The van der Waals surface area contributed by atoms with Crippen molar-refractivity contribution in [1.29, 1.82) is 0 Å². The van der Waals surface area contributed by atoms with Crippen molar-refractivity contribution in [2.45, 2.75) is 34.1 Å². The van der Waals surface area contributed by atoms with Crippen LogP contribution in [0.3, 0.4) is 0 Å². The molecule has 0 spiro atoms. The smallest absolute Gasteiger partial charge is 0.0823 e. The van der Waals surface area contributed by atoms with Crippen LogP contribution in [0.25, 0.3) is 59.8 Å². The number of hydrogen-bond donors (Lipinski definition) is 0. The van der Waals surface area contributed by atoms with Crippen LogP contribution < -0.4 is 0 Å². The van der Waals surface area contributed by atoms with Crippen molar-refractivity contribution in [2.24, 2.45) is 5.41 Å². The topological polar surface area (TPSA) is 17.3 Å². The lowest BCUT2D eigenvalue weighted by Gasteiger charge is -2.23. The number of fused-ring (bicyclic) bond motifs is 7. The minimum Gasteiger partial charge on any atom is -0.308 e. The zero-order valence-electron chi connectivity index (χ0n) is 19.8. The Bertz CT molecular complexity index is 1940. The number of nitrogens with zero attached hydrogens (tertiary/aromatic N) is 2. The molecule has 7 rings (SSSR count). The quantitative estimate of drug-likeness (QED) is 0.113. The molecular weight excluding hydrogens is 527 g/mol. The van der Waals surface area contributed by atoms with Crippen molar-refractivity contribution in [3.05, 3.63) is 81.6 Å². The number of hydrogen-bond acceptors (Lipinski definition) is 1. The molecule has 34 heavy (non-hydrogen) atoms. The van der Waals surface area contributed by atoms with Crippen molar-refractivity contribution in [2.75, 3.05) is 0 Å². The minimum absolute atomic E-state index is 0.153. The van der Waals surface area contributed by atoms with E-state index in [0.717, 1.165) is 11.9 Å². The second-order valence-electron chi connectivity index (χ2n) is 10.9. The summed E-state index contributed by atoms with van der Waals surface area (Å²) in [6.45, 7) is 9.21. The maximum Gasteiger partial charge on any atom is 0.0823 e. The van der Waals surface area contributed by atoms with E-state index in [9.17, 15) is 0 Å².